The van der Waals surface area contributed by atoms with E-state index in [-0.39, 0.29) is 0 Å². The van der Waals surface area contributed by atoms with Crippen molar-refractivity contribution in [2.75, 3.05) is 12.3 Å². The highest BCUT2D eigenvalue weighted by atomic mass is 32.2. The van der Waals surface area contributed by atoms with Crippen molar-refractivity contribution in [2.24, 2.45) is 0 Å². The number of hydrogen-bond donors (Lipinski definition) is 2. The summed E-state index contributed by atoms with van der Waals surface area (Å²) in [6, 6.07) is 8.92. The number of H-pyrrole nitrogens is 1. The molecule has 2 heterocycles. The zero-order valence-corrected chi connectivity index (χ0v) is 11.3. The van der Waals surface area contributed by atoms with Crippen LogP contribution in [0.5, 0.6) is 0 Å². The minimum Gasteiger partial charge on any atom is -0.333 e. The molecule has 1 unspecified atom stereocenters. The molecule has 1 aliphatic rings. The molecule has 2 aromatic rings. The Morgan fingerprint density at radius 2 is 2.22 bits per heavy atom. The first-order valence-corrected chi connectivity index (χ1v) is 7.71. The molecule has 0 saturated carbocycles. The first-order chi connectivity index (χ1) is 8.92. The van der Waals surface area contributed by atoms with E-state index in [0.717, 1.165) is 28.0 Å². The second-order valence-corrected chi connectivity index (χ2v) is 5.93. The quantitative estimate of drug-likeness (QED) is 0.830. The van der Waals surface area contributed by atoms with Gasteiger partial charge in [0.25, 0.3) is 0 Å². The summed E-state index contributed by atoms with van der Waals surface area (Å²) in [7, 11) is 0. The highest BCUT2D eigenvalue weighted by Crippen LogP contribution is 2.21. The van der Waals surface area contributed by atoms with E-state index in [1.54, 1.807) is 0 Å². The standard InChI is InChI=1S/C14H19N3S/c1-2-7-13-12(6-1)16-14(17-13)18-10-8-11-5-3-4-9-15-11/h1-2,6-7,11,15H,3-5,8-10H2,(H,16,17). The Balaban J connectivity index is 1.53. The van der Waals surface area contributed by atoms with Crippen LogP contribution < -0.4 is 5.32 Å². The fraction of sp³-hybridized carbons (Fsp3) is 0.500. The highest BCUT2D eigenvalue weighted by Gasteiger charge is 2.12. The lowest BCUT2D eigenvalue weighted by Gasteiger charge is -2.22. The summed E-state index contributed by atoms with van der Waals surface area (Å²) in [6.45, 7) is 1.19. The molecular formula is C14H19N3S. The lowest BCUT2D eigenvalue weighted by Crippen LogP contribution is -2.34. The van der Waals surface area contributed by atoms with Gasteiger partial charge in [0.2, 0.25) is 0 Å². The number of aromatic amines is 1. The van der Waals surface area contributed by atoms with Gasteiger partial charge in [0, 0.05) is 11.8 Å². The Labute approximate surface area is 112 Å². The van der Waals surface area contributed by atoms with Gasteiger partial charge in [-0.3, -0.25) is 0 Å². The Kier molecular flexibility index (Phi) is 3.86. The van der Waals surface area contributed by atoms with Gasteiger partial charge in [0.1, 0.15) is 0 Å². The number of nitrogens with zero attached hydrogens (tertiary/aromatic N) is 1. The van der Waals surface area contributed by atoms with E-state index >= 15 is 0 Å². The Hall–Kier alpha value is -1.00. The third-order valence-electron chi connectivity index (χ3n) is 3.49. The number of imidazole rings is 1. The Bertz CT molecular complexity index is 469. The summed E-state index contributed by atoms with van der Waals surface area (Å²) in [5, 5.41) is 4.64. The first-order valence-electron chi connectivity index (χ1n) is 6.73. The Morgan fingerprint density at radius 1 is 1.28 bits per heavy atom. The summed E-state index contributed by atoms with van der Waals surface area (Å²) >= 11 is 1.83. The molecule has 0 amide bonds. The number of rotatable bonds is 4. The van der Waals surface area contributed by atoms with Crippen molar-refractivity contribution >= 4 is 22.8 Å². The maximum atomic E-state index is 4.58. The largest absolute Gasteiger partial charge is 0.333 e. The molecule has 96 valence electrons. The minimum atomic E-state index is 0.718. The SMILES string of the molecule is c1ccc2[nH]c(SCCC3CCCCN3)nc2c1. The van der Waals surface area contributed by atoms with Gasteiger partial charge in [-0.15, -0.1) is 0 Å². The average Bonchev–Trinajstić information content (AvgIpc) is 2.82. The van der Waals surface area contributed by atoms with Crippen LogP contribution in [0.4, 0.5) is 0 Å². The van der Waals surface area contributed by atoms with Gasteiger partial charge in [-0.2, -0.15) is 0 Å². The number of benzene rings is 1. The molecular weight excluding hydrogens is 242 g/mol. The van der Waals surface area contributed by atoms with Gasteiger partial charge in [-0.25, -0.2) is 4.98 Å². The second kappa shape index (κ2) is 5.76. The summed E-state index contributed by atoms with van der Waals surface area (Å²) < 4.78 is 0. The second-order valence-electron chi connectivity index (χ2n) is 4.84. The van der Waals surface area contributed by atoms with Gasteiger partial charge < -0.3 is 10.3 Å². The van der Waals surface area contributed by atoms with Crippen molar-refractivity contribution in [2.45, 2.75) is 36.9 Å². The Morgan fingerprint density at radius 3 is 3.06 bits per heavy atom. The monoisotopic (exact) mass is 261 g/mol. The third-order valence-corrected chi connectivity index (χ3v) is 4.39. The van der Waals surface area contributed by atoms with E-state index in [1.165, 1.54) is 32.2 Å². The van der Waals surface area contributed by atoms with E-state index in [1.807, 2.05) is 23.9 Å². The van der Waals surface area contributed by atoms with Crippen LogP contribution in [0.15, 0.2) is 29.4 Å². The van der Waals surface area contributed by atoms with Gasteiger partial charge in [-0.05, 0) is 37.9 Å². The summed E-state index contributed by atoms with van der Waals surface area (Å²) in [4.78, 5) is 7.95. The van der Waals surface area contributed by atoms with Crippen LogP contribution in [0.1, 0.15) is 25.7 Å². The van der Waals surface area contributed by atoms with Crippen molar-refractivity contribution in [3.8, 4) is 0 Å². The van der Waals surface area contributed by atoms with E-state index in [4.69, 9.17) is 0 Å². The lowest BCUT2D eigenvalue weighted by molar-refractivity contribution is 0.394. The molecule has 2 N–H and O–H groups in total. The number of nitrogens with one attached hydrogen (secondary N) is 2. The van der Waals surface area contributed by atoms with Crippen molar-refractivity contribution in [1.82, 2.24) is 15.3 Å². The van der Waals surface area contributed by atoms with Crippen molar-refractivity contribution in [3.05, 3.63) is 24.3 Å². The number of piperidine rings is 1. The molecule has 0 bridgehead atoms. The zero-order chi connectivity index (χ0) is 12.2. The predicted molar refractivity (Wildman–Crippen MR) is 77.1 cm³/mol. The number of para-hydroxylation sites is 2. The van der Waals surface area contributed by atoms with Gasteiger partial charge in [0.15, 0.2) is 5.16 Å². The highest BCUT2D eigenvalue weighted by molar-refractivity contribution is 7.99. The topological polar surface area (TPSA) is 40.7 Å². The van der Waals surface area contributed by atoms with E-state index in [9.17, 15) is 0 Å². The summed E-state index contributed by atoms with van der Waals surface area (Å²) in [6.07, 6.45) is 5.29. The van der Waals surface area contributed by atoms with Crippen LogP contribution in [0.25, 0.3) is 11.0 Å². The third kappa shape index (κ3) is 2.87. The summed E-state index contributed by atoms with van der Waals surface area (Å²) in [5.41, 5.74) is 2.20. The van der Waals surface area contributed by atoms with Gasteiger partial charge in [0.05, 0.1) is 11.0 Å². The maximum absolute atomic E-state index is 4.58. The van der Waals surface area contributed by atoms with Crippen molar-refractivity contribution in [3.63, 3.8) is 0 Å². The normalized spacial score (nSPS) is 20.3. The van der Waals surface area contributed by atoms with Gasteiger partial charge >= 0.3 is 0 Å². The molecule has 3 nitrogen and oxygen atoms in total. The molecule has 18 heavy (non-hydrogen) atoms. The van der Waals surface area contributed by atoms with E-state index in [0.29, 0.717) is 0 Å². The molecule has 1 fully saturated rings. The molecule has 0 aliphatic carbocycles. The van der Waals surface area contributed by atoms with Crippen LogP contribution in [-0.4, -0.2) is 28.3 Å². The molecule has 0 radical (unpaired) electrons. The maximum Gasteiger partial charge on any atom is 0.166 e. The lowest BCUT2D eigenvalue weighted by atomic mass is 10.0. The van der Waals surface area contributed by atoms with E-state index < -0.39 is 0 Å². The molecule has 0 spiro atoms. The molecule has 1 aliphatic heterocycles. The van der Waals surface area contributed by atoms with Crippen LogP contribution in [0.2, 0.25) is 0 Å². The molecule has 1 atom stereocenters. The van der Waals surface area contributed by atoms with Crippen LogP contribution in [0.3, 0.4) is 0 Å². The zero-order valence-electron chi connectivity index (χ0n) is 10.5. The average molecular weight is 261 g/mol. The fourth-order valence-electron chi connectivity index (χ4n) is 2.47. The predicted octanol–water partition coefficient (Wildman–Crippen LogP) is 3.19. The van der Waals surface area contributed by atoms with Crippen LogP contribution in [0, 0.1) is 0 Å². The number of aromatic nitrogens is 2. The molecule has 1 aromatic carbocycles. The molecule has 4 heteroatoms. The molecule has 1 aromatic heterocycles. The molecule has 3 rings (SSSR count). The van der Waals surface area contributed by atoms with Crippen LogP contribution >= 0.6 is 11.8 Å². The number of fused-ring (bicyclic) bond motifs is 1. The van der Waals surface area contributed by atoms with Crippen molar-refractivity contribution in [1.29, 1.82) is 0 Å². The van der Waals surface area contributed by atoms with Crippen molar-refractivity contribution < 1.29 is 0 Å². The van der Waals surface area contributed by atoms with Gasteiger partial charge in [-0.1, -0.05) is 30.3 Å². The smallest absolute Gasteiger partial charge is 0.166 e. The van der Waals surface area contributed by atoms with E-state index in [2.05, 4.69) is 27.4 Å². The summed E-state index contributed by atoms with van der Waals surface area (Å²) in [5.74, 6) is 1.14. The number of hydrogen-bond acceptors (Lipinski definition) is 3. The molecule has 1 saturated heterocycles. The number of thioether (sulfide) groups is 1. The van der Waals surface area contributed by atoms with Crippen LogP contribution in [-0.2, 0) is 0 Å². The first kappa shape index (κ1) is 12.1. The fourth-order valence-corrected chi connectivity index (χ4v) is 3.41. The minimum absolute atomic E-state index is 0.718.